The van der Waals surface area contributed by atoms with Gasteiger partial charge in [0.15, 0.2) is 11.2 Å². The molecule has 0 fully saturated rings. The molecule has 0 unspecified atom stereocenters. The van der Waals surface area contributed by atoms with Crippen LogP contribution in [0, 0.1) is 0 Å². The Bertz CT molecular complexity index is 835. The van der Waals surface area contributed by atoms with Crippen LogP contribution in [0.5, 0.6) is 5.75 Å². The number of furan rings is 1. The summed E-state index contributed by atoms with van der Waals surface area (Å²) in [6.07, 6.45) is 3.51. The summed E-state index contributed by atoms with van der Waals surface area (Å²) in [4.78, 5) is 11.5. The van der Waals surface area contributed by atoms with E-state index in [9.17, 15) is 4.79 Å². The Morgan fingerprint density at radius 2 is 1.90 bits per heavy atom. The van der Waals surface area contributed by atoms with Crippen molar-refractivity contribution in [1.82, 2.24) is 0 Å². The number of benzene rings is 1. The molecule has 3 rings (SSSR count). The molecule has 0 radical (unpaired) electrons. The Kier molecular flexibility index (Phi) is 4.35. The molecular weight excluding hydrogens is 404 g/mol. The van der Waals surface area contributed by atoms with E-state index in [1.807, 2.05) is 6.07 Å². The molecule has 6 heteroatoms. The molecule has 0 N–H and O–H groups in total. The van der Waals surface area contributed by atoms with Crippen LogP contribution in [0.3, 0.4) is 0 Å². The van der Waals surface area contributed by atoms with E-state index in [2.05, 4.69) is 31.9 Å². The average molecular weight is 416 g/mol. The summed E-state index contributed by atoms with van der Waals surface area (Å²) in [5.41, 5.74) is 0.587. The van der Waals surface area contributed by atoms with Gasteiger partial charge in [-0.3, -0.25) is 0 Å². The van der Waals surface area contributed by atoms with Gasteiger partial charge in [-0.1, -0.05) is 15.9 Å². The number of alkyl halides is 1. The summed E-state index contributed by atoms with van der Waals surface area (Å²) in [6.45, 7) is 0.538. The zero-order valence-corrected chi connectivity index (χ0v) is 14.2. The van der Waals surface area contributed by atoms with Crippen LogP contribution in [-0.4, -0.2) is 11.9 Å². The maximum absolute atomic E-state index is 11.5. The SMILES string of the molecule is O=c1ccc2c(Br)c3ccoc3c(OCCCCBr)c2o1. The van der Waals surface area contributed by atoms with Crippen LogP contribution in [-0.2, 0) is 0 Å². The zero-order chi connectivity index (χ0) is 14.8. The molecule has 3 aromatic rings. The lowest BCUT2D eigenvalue weighted by Gasteiger charge is -2.10. The fourth-order valence-corrected chi connectivity index (χ4v) is 3.19. The van der Waals surface area contributed by atoms with Gasteiger partial charge >= 0.3 is 5.63 Å². The standard InChI is InChI=1S/C15H12Br2O4/c16-6-1-2-7-19-15-13-10(5-8-20-13)12(17)9-3-4-11(18)21-14(9)15/h3-5,8H,1-2,6-7H2. The highest BCUT2D eigenvalue weighted by molar-refractivity contribution is 9.11. The number of rotatable bonds is 5. The van der Waals surface area contributed by atoms with Gasteiger partial charge in [-0.25, -0.2) is 4.79 Å². The number of hydrogen-bond acceptors (Lipinski definition) is 4. The summed E-state index contributed by atoms with van der Waals surface area (Å²) in [7, 11) is 0. The molecule has 4 nitrogen and oxygen atoms in total. The van der Waals surface area contributed by atoms with Gasteiger partial charge in [-0.15, -0.1) is 0 Å². The fourth-order valence-electron chi connectivity index (χ4n) is 2.17. The van der Waals surface area contributed by atoms with Crippen LogP contribution < -0.4 is 10.4 Å². The smallest absolute Gasteiger partial charge is 0.336 e. The molecule has 0 amide bonds. The second-order valence-corrected chi connectivity index (χ2v) is 6.13. The van der Waals surface area contributed by atoms with E-state index in [0.29, 0.717) is 23.5 Å². The van der Waals surface area contributed by atoms with Gasteiger partial charge in [-0.05, 0) is 40.9 Å². The lowest BCUT2D eigenvalue weighted by molar-refractivity contribution is 0.307. The van der Waals surface area contributed by atoms with Crippen molar-refractivity contribution in [1.29, 1.82) is 0 Å². The molecule has 0 atom stereocenters. The Labute approximate surface area is 137 Å². The molecular formula is C15H12Br2O4. The van der Waals surface area contributed by atoms with Crippen molar-refractivity contribution in [3.05, 3.63) is 39.4 Å². The van der Waals surface area contributed by atoms with Gasteiger partial charge < -0.3 is 13.6 Å². The minimum Gasteiger partial charge on any atom is -0.486 e. The van der Waals surface area contributed by atoms with Crippen LogP contribution in [0.25, 0.3) is 21.9 Å². The second kappa shape index (κ2) is 6.23. The largest absolute Gasteiger partial charge is 0.486 e. The van der Waals surface area contributed by atoms with Crippen molar-refractivity contribution >= 4 is 53.8 Å². The van der Waals surface area contributed by atoms with E-state index in [1.54, 1.807) is 12.3 Å². The highest BCUT2D eigenvalue weighted by Gasteiger charge is 2.18. The van der Waals surface area contributed by atoms with E-state index < -0.39 is 5.63 Å². The van der Waals surface area contributed by atoms with Gasteiger partial charge in [0.05, 0.1) is 12.9 Å². The number of unbranched alkanes of at least 4 members (excludes halogenated alkanes) is 1. The predicted octanol–water partition coefficient (Wildman–Crippen LogP) is 4.86. The molecule has 0 aliphatic carbocycles. The molecule has 0 aliphatic rings. The molecule has 0 saturated carbocycles. The number of ether oxygens (including phenoxy) is 1. The van der Waals surface area contributed by atoms with Gasteiger partial charge in [0.25, 0.3) is 0 Å². The monoisotopic (exact) mass is 414 g/mol. The van der Waals surface area contributed by atoms with Crippen LogP contribution >= 0.6 is 31.9 Å². The van der Waals surface area contributed by atoms with Gasteiger partial charge in [0.2, 0.25) is 5.75 Å². The Balaban J connectivity index is 2.17. The molecule has 0 bridgehead atoms. The van der Waals surface area contributed by atoms with Crippen LogP contribution in [0.2, 0.25) is 0 Å². The molecule has 2 heterocycles. The van der Waals surface area contributed by atoms with Gasteiger partial charge in [-0.2, -0.15) is 0 Å². The van der Waals surface area contributed by atoms with E-state index in [-0.39, 0.29) is 0 Å². The summed E-state index contributed by atoms with van der Waals surface area (Å²) in [5, 5.41) is 2.62. The van der Waals surface area contributed by atoms with Crippen LogP contribution in [0.4, 0.5) is 0 Å². The van der Waals surface area contributed by atoms with Crippen molar-refractivity contribution < 1.29 is 13.6 Å². The Morgan fingerprint density at radius 1 is 1.10 bits per heavy atom. The molecule has 0 aliphatic heterocycles. The first-order chi connectivity index (χ1) is 10.2. The normalized spacial score (nSPS) is 11.3. The highest BCUT2D eigenvalue weighted by atomic mass is 79.9. The third-order valence-electron chi connectivity index (χ3n) is 3.16. The van der Waals surface area contributed by atoms with Crippen LogP contribution in [0.1, 0.15) is 12.8 Å². The van der Waals surface area contributed by atoms with E-state index >= 15 is 0 Å². The minimum atomic E-state index is -0.411. The highest BCUT2D eigenvalue weighted by Crippen LogP contribution is 2.41. The lowest BCUT2D eigenvalue weighted by Crippen LogP contribution is -2.01. The van der Waals surface area contributed by atoms with Crippen molar-refractivity contribution in [2.24, 2.45) is 0 Å². The quantitative estimate of drug-likeness (QED) is 0.339. The van der Waals surface area contributed by atoms with E-state index in [0.717, 1.165) is 33.4 Å². The summed E-state index contributed by atoms with van der Waals surface area (Å²) < 4.78 is 17.5. The van der Waals surface area contributed by atoms with E-state index in [1.165, 1.54) is 6.07 Å². The molecule has 1 aromatic carbocycles. The van der Waals surface area contributed by atoms with Crippen molar-refractivity contribution in [3.63, 3.8) is 0 Å². The minimum absolute atomic E-state index is 0.411. The summed E-state index contributed by atoms with van der Waals surface area (Å²) in [5.74, 6) is 0.487. The van der Waals surface area contributed by atoms with Crippen molar-refractivity contribution in [3.8, 4) is 5.75 Å². The van der Waals surface area contributed by atoms with Crippen molar-refractivity contribution in [2.75, 3.05) is 11.9 Å². The first kappa shape index (κ1) is 14.7. The molecule has 21 heavy (non-hydrogen) atoms. The first-order valence-corrected chi connectivity index (χ1v) is 8.45. The zero-order valence-electron chi connectivity index (χ0n) is 11.0. The predicted molar refractivity (Wildman–Crippen MR) is 88.5 cm³/mol. The third-order valence-corrected chi connectivity index (χ3v) is 4.57. The maximum atomic E-state index is 11.5. The number of fused-ring (bicyclic) bond motifs is 2. The fraction of sp³-hybridized carbons (Fsp3) is 0.267. The van der Waals surface area contributed by atoms with Gasteiger partial charge in [0, 0.05) is 26.6 Å². The second-order valence-electron chi connectivity index (χ2n) is 4.55. The van der Waals surface area contributed by atoms with Gasteiger partial charge in [0.1, 0.15) is 0 Å². The topological polar surface area (TPSA) is 52.6 Å². The van der Waals surface area contributed by atoms with Crippen molar-refractivity contribution in [2.45, 2.75) is 12.8 Å². The number of halogens is 2. The number of hydrogen-bond donors (Lipinski definition) is 0. The first-order valence-electron chi connectivity index (χ1n) is 6.53. The lowest BCUT2D eigenvalue weighted by atomic mass is 10.1. The van der Waals surface area contributed by atoms with Crippen LogP contribution in [0.15, 0.2) is 42.6 Å². The summed E-state index contributed by atoms with van der Waals surface area (Å²) >= 11 is 6.92. The third kappa shape index (κ3) is 2.74. The Morgan fingerprint density at radius 3 is 2.71 bits per heavy atom. The Hall–Kier alpha value is -1.27. The average Bonchev–Trinajstić information content (AvgIpc) is 2.96. The molecule has 2 aromatic heterocycles. The van der Waals surface area contributed by atoms with E-state index in [4.69, 9.17) is 13.6 Å². The summed E-state index contributed by atoms with van der Waals surface area (Å²) in [6, 6.07) is 4.98. The molecule has 0 saturated heterocycles. The maximum Gasteiger partial charge on any atom is 0.336 e. The molecule has 110 valence electrons. The molecule has 0 spiro atoms.